The summed E-state index contributed by atoms with van der Waals surface area (Å²) in [6.07, 6.45) is 18.2. The fourth-order valence-electron chi connectivity index (χ4n) is 0.977. The maximum Gasteiger partial charge on any atom is -0.0353 e. The molecule has 20 heavy (non-hydrogen) atoms. The van der Waals surface area contributed by atoms with Gasteiger partial charge in [-0.05, 0) is 25.7 Å². The molecule has 0 unspecified atom stereocenters. The van der Waals surface area contributed by atoms with Crippen molar-refractivity contribution in [2.45, 2.75) is 79.1 Å². The van der Waals surface area contributed by atoms with Gasteiger partial charge < -0.3 is 0 Å². The average molecular weight is 281 g/mol. The lowest BCUT2D eigenvalue weighted by molar-refractivity contribution is 0.921. The molecule has 0 nitrogen and oxygen atoms in total. The van der Waals surface area contributed by atoms with E-state index in [0.717, 1.165) is 12.8 Å². The first-order chi connectivity index (χ1) is 9.74. The molecule has 0 N–H and O–H groups in total. The lowest BCUT2D eigenvalue weighted by atomic mass is 10.2. The Labute approximate surface area is 130 Å². The van der Waals surface area contributed by atoms with E-state index in [0.29, 0.717) is 0 Å². The van der Waals surface area contributed by atoms with Crippen LogP contribution in [0.2, 0.25) is 0 Å². The maximum absolute atomic E-state index is 3.55. The van der Waals surface area contributed by atoms with Crippen LogP contribution < -0.4 is 0 Å². The Bertz CT molecular complexity index is 147. The van der Waals surface area contributed by atoms with Crippen molar-refractivity contribution in [2.24, 2.45) is 0 Å². The van der Waals surface area contributed by atoms with Gasteiger partial charge in [-0.25, -0.2) is 0 Å². The molecule has 0 atom stereocenters. The first kappa shape index (κ1) is 27.3. The molecule has 0 aromatic heterocycles. The zero-order chi connectivity index (χ0) is 16.5. The zero-order valence-electron chi connectivity index (χ0n) is 14.8. The van der Waals surface area contributed by atoms with Gasteiger partial charge in [0.05, 0.1) is 0 Å². The van der Waals surface area contributed by atoms with Crippen molar-refractivity contribution in [3.63, 3.8) is 0 Å². The van der Waals surface area contributed by atoms with Gasteiger partial charge in [-0.1, -0.05) is 77.7 Å². The molecule has 0 aromatic rings. The van der Waals surface area contributed by atoms with Crippen molar-refractivity contribution >= 4 is 0 Å². The second-order valence-electron chi connectivity index (χ2n) is 4.20. The molecule has 0 aliphatic heterocycles. The molecule has 0 heteroatoms. The summed E-state index contributed by atoms with van der Waals surface area (Å²) in [7, 11) is 0. The van der Waals surface area contributed by atoms with Crippen LogP contribution in [-0.2, 0) is 0 Å². The molecule has 0 saturated carbocycles. The van der Waals surface area contributed by atoms with Crippen LogP contribution in [0.4, 0.5) is 0 Å². The first-order valence-electron chi connectivity index (χ1n) is 8.11. The topological polar surface area (TPSA) is 0 Å². The fourth-order valence-corrected chi connectivity index (χ4v) is 0.977. The Kier molecular flexibility index (Phi) is 58.8. The Balaban J connectivity index is -0.0000000938. The largest absolute Gasteiger partial charge is 0.106 e. The van der Waals surface area contributed by atoms with E-state index in [4.69, 9.17) is 0 Å². The van der Waals surface area contributed by atoms with Gasteiger partial charge in [-0.15, -0.1) is 26.3 Å². The summed E-state index contributed by atoms with van der Waals surface area (Å²) in [6, 6.07) is 0. The highest BCUT2D eigenvalue weighted by Crippen LogP contribution is 1.92. The quantitative estimate of drug-likeness (QED) is 0.396. The van der Waals surface area contributed by atoms with Gasteiger partial charge in [0, 0.05) is 0 Å². The van der Waals surface area contributed by atoms with E-state index < -0.39 is 0 Å². The number of hydrogen-bond acceptors (Lipinski definition) is 0. The standard InChI is InChI=1S/C8H16.2C5H10.C2H4/c1-3-5-7-8-6-4-2;2*1-3-5-4-2;1-2/h7-8H,3-6H2,1-2H3;2*3H,1,4-5H2,2H3;1-2H2/b8-7+;;;. The maximum atomic E-state index is 3.55. The van der Waals surface area contributed by atoms with Crippen LogP contribution in [-0.4, -0.2) is 0 Å². The molecule has 0 amide bonds. The van der Waals surface area contributed by atoms with Gasteiger partial charge >= 0.3 is 0 Å². The van der Waals surface area contributed by atoms with E-state index in [1.165, 1.54) is 38.5 Å². The highest BCUT2D eigenvalue weighted by molar-refractivity contribution is 4.80. The Morgan fingerprint density at radius 1 is 0.550 bits per heavy atom. The monoisotopic (exact) mass is 280 g/mol. The van der Waals surface area contributed by atoms with Crippen LogP contribution in [0, 0.1) is 0 Å². The van der Waals surface area contributed by atoms with E-state index in [1.54, 1.807) is 0 Å². The lowest BCUT2D eigenvalue weighted by Gasteiger charge is -1.83. The van der Waals surface area contributed by atoms with Crippen LogP contribution in [0.5, 0.6) is 0 Å². The molecule has 0 saturated heterocycles. The summed E-state index contributed by atoms with van der Waals surface area (Å²) in [5.74, 6) is 0. The summed E-state index contributed by atoms with van der Waals surface area (Å²) < 4.78 is 0. The molecule has 0 aliphatic rings. The molecule has 0 aliphatic carbocycles. The molecule has 0 fully saturated rings. The average Bonchev–Trinajstić information content (AvgIpc) is 2.49. The third-order valence-electron chi connectivity index (χ3n) is 2.06. The lowest BCUT2D eigenvalue weighted by Crippen LogP contribution is -1.62. The smallest absolute Gasteiger partial charge is 0.0353 e. The molecule has 0 aromatic carbocycles. The highest BCUT2D eigenvalue weighted by Gasteiger charge is 1.72. The minimum Gasteiger partial charge on any atom is -0.106 e. The highest BCUT2D eigenvalue weighted by atomic mass is 13.8. The normalized spacial score (nSPS) is 8.20. The fraction of sp³-hybridized carbons (Fsp3) is 0.600. The Morgan fingerprint density at radius 3 is 0.900 bits per heavy atom. The van der Waals surface area contributed by atoms with E-state index in [1.807, 2.05) is 12.2 Å². The summed E-state index contributed by atoms with van der Waals surface area (Å²) in [5, 5.41) is 0. The predicted molar refractivity (Wildman–Crippen MR) is 100 cm³/mol. The van der Waals surface area contributed by atoms with Gasteiger partial charge in [0.25, 0.3) is 0 Å². The molecule has 0 spiro atoms. The van der Waals surface area contributed by atoms with Crippen LogP contribution in [0.15, 0.2) is 50.6 Å². The number of unbranched alkanes of at least 4 members (excludes halogenated alkanes) is 4. The zero-order valence-corrected chi connectivity index (χ0v) is 14.8. The van der Waals surface area contributed by atoms with Crippen molar-refractivity contribution in [1.82, 2.24) is 0 Å². The molecule has 0 radical (unpaired) electrons. The third kappa shape index (κ3) is 68.2. The van der Waals surface area contributed by atoms with E-state index >= 15 is 0 Å². The van der Waals surface area contributed by atoms with Gasteiger partial charge in [0.15, 0.2) is 0 Å². The van der Waals surface area contributed by atoms with Crippen LogP contribution in [0.1, 0.15) is 79.1 Å². The number of hydrogen-bond donors (Lipinski definition) is 0. The van der Waals surface area contributed by atoms with Crippen LogP contribution >= 0.6 is 0 Å². The molecule has 0 rings (SSSR count). The van der Waals surface area contributed by atoms with Crippen LogP contribution in [0.25, 0.3) is 0 Å². The SMILES string of the molecule is C=C.C=CCCC.C=CCCC.CCC/C=C/CCC. The second kappa shape index (κ2) is 43.0. The van der Waals surface area contributed by atoms with Crippen molar-refractivity contribution in [3.05, 3.63) is 50.6 Å². The molecule has 0 bridgehead atoms. The molecule has 120 valence electrons. The number of rotatable bonds is 8. The summed E-state index contributed by atoms with van der Waals surface area (Å²) >= 11 is 0. The van der Waals surface area contributed by atoms with Crippen molar-refractivity contribution in [2.75, 3.05) is 0 Å². The molecular formula is C20H40. The van der Waals surface area contributed by atoms with Crippen molar-refractivity contribution in [1.29, 1.82) is 0 Å². The Morgan fingerprint density at radius 2 is 0.800 bits per heavy atom. The van der Waals surface area contributed by atoms with Gasteiger partial charge in [0.1, 0.15) is 0 Å². The van der Waals surface area contributed by atoms with Crippen LogP contribution in [0.3, 0.4) is 0 Å². The summed E-state index contributed by atoms with van der Waals surface area (Å²) in [5.41, 5.74) is 0. The minimum atomic E-state index is 1.15. The molecular weight excluding hydrogens is 240 g/mol. The second-order valence-corrected chi connectivity index (χ2v) is 4.20. The Hall–Kier alpha value is -1.04. The predicted octanol–water partition coefficient (Wildman–Crippen LogP) is 7.89. The van der Waals surface area contributed by atoms with E-state index in [2.05, 4.69) is 66.2 Å². The minimum absolute atomic E-state index is 1.15. The van der Waals surface area contributed by atoms with Gasteiger partial charge in [-0.2, -0.15) is 0 Å². The van der Waals surface area contributed by atoms with Gasteiger partial charge in [-0.3, -0.25) is 0 Å². The van der Waals surface area contributed by atoms with E-state index in [-0.39, 0.29) is 0 Å². The third-order valence-corrected chi connectivity index (χ3v) is 2.06. The first-order valence-corrected chi connectivity index (χ1v) is 8.11. The van der Waals surface area contributed by atoms with Gasteiger partial charge in [0.2, 0.25) is 0 Å². The van der Waals surface area contributed by atoms with E-state index in [9.17, 15) is 0 Å². The number of allylic oxidation sites excluding steroid dienone is 4. The molecule has 0 heterocycles. The summed E-state index contributed by atoms with van der Waals surface area (Å²) in [6.45, 7) is 21.8. The van der Waals surface area contributed by atoms with Crippen molar-refractivity contribution < 1.29 is 0 Å². The summed E-state index contributed by atoms with van der Waals surface area (Å²) in [4.78, 5) is 0. The van der Waals surface area contributed by atoms with Crippen molar-refractivity contribution in [3.8, 4) is 0 Å².